The summed E-state index contributed by atoms with van der Waals surface area (Å²) >= 11 is 5.95. The third-order valence-electron chi connectivity index (χ3n) is 2.56. The van der Waals surface area contributed by atoms with Gasteiger partial charge in [-0.3, -0.25) is 4.79 Å². The average molecular weight is 335 g/mol. The maximum absolute atomic E-state index is 12.2. The van der Waals surface area contributed by atoms with Crippen LogP contribution in [0, 0.1) is 0 Å². The number of amides is 1. The predicted octanol–water partition coefficient (Wildman–Crippen LogP) is 3.28. The zero-order chi connectivity index (χ0) is 15.0. The van der Waals surface area contributed by atoms with Gasteiger partial charge in [0.05, 0.1) is 11.7 Å². The quantitative estimate of drug-likeness (QED) is 0.717. The van der Waals surface area contributed by atoms with Gasteiger partial charge in [-0.2, -0.15) is 0 Å². The molecule has 0 saturated heterocycles. The van der Waals surface area contributed by atoms with Crippen molar-refractivity contribution in [1.82, 2.24) is 10.6 Å². The highest BCUT2D eigenvalue weighted by Gasteiger charge is 2.13. The number of hydrogen-bond acceptors (Lipinski definition) is 3. The average Bonchev–Trinajstić information content (AvgIpc) is 2.40. The lowest BCUT2D eigenvalue weighted by Gasteiger charge is -2.14. The van der Waals surface area contributed by atoms with Gasteiger partial charge < -0.3 is 15.4 Å². The molecule has 6 heteroatoms. The minimum Gasteiger partial charge on any atom is -0.490 e. The Labute approximate surface area is 138 Å². The second-order valence-corrected chi connectivity index (χ2v) is 5.25. The summed E-state index contributed by atoms with van der Waals surface area (Å²) in [5, 5.41) is 6.61. The number of carbonyl (C=O) groups excluding carboxylic acids is 1. The Morgan fingerprint density at radius 2 is 2.00 bits per heavy atom. The summed E-state index contributed by atoms with van der Waals surface area (Å²) in [5.41, 5.74) is 0.474. The molecule has 120 valence electrons. The van der Waals surface area contributed by atoms with Crippen LogP contribution in [-0.2, 0) is 0 Å². The Bertz CT molecular complexity index is 440. The SMILES string of the molecule is CCCNCCNC(=O)c1cc(Cl)ccc1OC(C)C.Cl. The van der Waals surface area contributed by atoms with Gasteiger partial charge in [-0.1, -0.05) is 18.5 Å². The summed E-state index contributed by atoms with van der Waals surface area (Å²) in [6.45, 7) is 8.23. The van der Waals surface area contributed by atoms with Gasteiger partial charge in [0.2, 0.25) is 0 Å². The van der Waals surface area contributed by atoms with Gasteiger partial charge in [0.25, 0.3) is 5.91 Å². The fourth-order valence-corrected chi connectivity index (χ4v) is 1.87. The van der Waals surface area contributed by atoms with E-state index in [2.05, 4.69) is 17.6 Å². The Balaban J connectivity index is 0.00000400. The van der Waals surface area contributed by atoms with Crippen LogP contribution in [0.1, 0.15) is 37.6 Å². The maximum Gasteiger partial charge on any atom is 0.255 e. The predicted molar refractivity (Wildman–Crippen MR) is 90.0 cm³/mol. The van der Waals surface area contributed by atoms with Crippen LogP contribution < -0.4 is 15.4 Å². The molecule has 1 aromatic carbocycles. The van der Waals surface area contributed by atoms with E-state index >= 15 is 0 Å². The summed E-state index contributed by atoms with van der Waals surface area (Å²) in [4.78, 5) is 12.2. The van der Waals surface area contributed by atoms with Crippen molar-refractivity contribution < 1.29 is 9.53 Å². The van der Waals surface area contributed by atoms with Crippen LogP contribution in [0.2, 0.25) is 5.02 Å². The first-order valence-corrected chi connectivity index (χ1v) is 7.37. The Morgan fingerprint density at radius 3 is 2.62 bits per heavy atom. The zero-order valence-corrected chi connectivity index (χ0v) is 14.3. The molecular weight excluding hydrogens is 311 g/mol. The minimum atomic E-state index is -0.165. The lowest BCUT2D eigenvalue weighted by molar-refractivity contribution is 0.0948. The number of ether oxygens (including phenoxy) is 1. The molecule has 4 nitrogen and oxygen atoms in total. The summed E-state index contributed by atoms with van der Waals surface area (Å²) < 4.78 is 5.63. The second-order valence-electron chi connectivity index (χ2n) is 4.81. The topological polar surface area (TPSA) is 50.4 Å². The van der Waals surface area contributed by atoms with E-state index in [-0.39, 0.29) is 24.4 Å². The minimum absolute atomic E-state index is 0. The van der Waals surface area contributed by atoms with E-state index < -0.39 is 0 Å². The van der Waals surface area contributed by atoms with E-state index in [9.17, 15) is 4.79 Å². The third-order valence-corrected chi connectivity index (χ3v) is 2.80. The van der Waals surface area contributed by atoms with Gasteiger partial charge in [0, 0.05) is 18.1 Å². The zero-order valence-electron chi connectivity index (χ0n) is 12.7. The maximum atomic E-state index is 12.2. The van der Waals surface area contributed by atoms with Gasteiger partial charge in [-0.25, -0.2) is 0 Å². The van der Waals surface area contributed by atoms with Crippen molar-refractivity contribution in [2.24, 2.45) is 0 Å². The molecule has 0 atom stereocenters. The van der Waals surface area contributed by atoms with Gasteiger partial charge in [0.1, 0.15) is 5.75 Å². The molecule has 1 aromatic rings. The first-order valence-electron chi connectivity index (χ1n) is 6.99. The molecule has 0 aromatic heterocycles. The lowest BCUT2D eigenvalue weighted by Crippen LogP contribution is -2.32. The van der Waals surface area contributed by atoms with Crippen LogP contribution in [-0.4, -0.2) is 31.6 Å². The Hall–Kier alpha value is -0.970. The molecule has 0 bridgehead atoms. The molecule has 0 fully saturated rings. The molecule has 0 aliphatic heterocycles. The van der Waals surface area contributed by atoms with Crippen molar-refractivity contribution in [3.63, 3.8) is 0 Å². The summed E-state index contributed by atoms with van der Waals surface area (Å²) in [7, 11) is 0. The number of hydrogen-bond donors (Lipinski definition) is 2. The molecule has 0 aliphatic carbocycles. The van der Waals surface area contributed by atoms with Gasteiger partial charge in [-0.15, -0.1) is 12.4 Å². The standard InChI is InChI=1S/C15H23ClN2O2.ClH/c1-4-7-17-8-9-18-15(19)13-10-12(16)5-6-14(13)20-11(2)3;/h5-6,10-11,17H,4,7-9H2,1-3H3,(H,18,19);1H. The van der Waals surface area contributed by atoms with E-state index in [0.717, 1.165) is 19.5 Å². The van der Waals surface area contributed by atoms with Crippen LogP contribution in [0.3, 0.4) is 0 Å². The van der Waals surface area contributed by atoms with E-state index in [4.69, 9.17) is 16.3 Å². The molecule has 2 N–H and O–H groups in total. The molecule has 0 radical (unpaired) electrons. The van der Waals surface area contributed by atoms with E-state index in [1.54, 1.807) is 18.2 Å². The number of rotatable bonds is 8. The highest BCUT2D eigenvalue weighted by atomic mass is 35.5. The van der Waals surface area contributed by atoms with Gasteiger partial charge in [-0.05, 0) is 45.0 Å². The van der Waals surface area contributed by atoms with Crippen LogP contribution in [0.25, 0.3) is 0 Å². The van der Waals surface area contributed by atoms with Gasteiger partial charge in [0.15, 0.2) is 0 Å². The first-order chi connectivity index (χ1) is 9.54. The molecule has 0 spiro atoms. The van der Waals surface area contributed by atoms with Crippen LogP contribution >= 0.6 is 24.0 Å². The molecule has 1 amide bonds. The van der Waals surface area contributed by atoms with Crippen molar-refractivity contribution >= 4 is 29.9 Å². The molecule has 0 aliphatic rings. The van der Waals surface area contributed by atoms with Crippen LogP contribution in [0.15, 0.2) is 18.2 Å². The smallest absolute Gasteiger partial charge is 0.255 e. The largest absolute Gasteiger partial charge is 0.490 e. The monoisotopic (exact) mass is 334 g/mol. The molecule has 0 heterocycles. The van der Waals surface area contributed by atoms with Crippen molar-refractivity contribution in [1.29, 1.82) is 0 Å². The number of nitrogens with one attached hydrogen (secondary N) is 2. The lowest BCUT2D eigenvalue weighted by atomic mass is 10.2. The fourth-order valence-electron chi connectivity index (χ4n) is 1.70. The summed E-state index contributed by atoms with van der Waals surface area (Å²) in [5.74, 6) is 0.393. The second kappa shape index (κ2) is 10.7. The third kappa shape index (κ3) is 7.55. The van der Waals surface area contributed by atoms with Crippen molar-refractivity contribution in [3.05, 3.63) is 28.8 Å². The Kier molecular flexibility index (Phi) is 10.2. The number of halogens is 2. The molecule has 21 heavy (non-hydrogen) atoms. The molecule has 1 rings (SSSR count). The molecule has 0 saturated carbocycles. The van der Waals surface area contributed by atoms with Crippen molar-refractivity contribution in [3.8, 4) is 5.75 Å². The van der Waals surface area contributed by atoms with E-state index in [1.807, 2.05) is 13.8 Å². The summed E-state index contributed by atoms with van der Waals surface area (Å²) in [6, 6.07) is 5.08. The Morgan fingerprint density at radius 1 is 1.29 bits per heavy atom. The highest BCUT2D eigenvalue weighted by molar-refractivity contribution is 6.31. The first kappa shape index (κ1) is 20.0. The number of benzene rings is 1. The van der Waals surface area contributed by atoms with Gasteiger partial charge >= 0.3 is 0 Å². The van der Waals surface area contributed by atoms with E-state index in [1.165, 1.54) is 0 Å². The van der Waals surface area contributed by atoms with Crippen LogP contribution in [0.5, 0.6) is 5.75 Å². The molecular formula is C15H24Cl2N2O2. The van der Waals surface area contributed by atoms with Crippen LogP contribution in [0.4, 0.5) is 0 Å². The normalized spacial score (nSPS) is 10.1. The highest BCUT2D eigenvalue weighted by Crippen LogP contribution is 2.23. The van der Waals surface area contributed by atoms with E-state index in [0.29, 0.717) is 22.9 Å². The fraction of sp³-hybridized carbons (Fsp3) is 0.533. The summed E-state index contributed by atoms with van der Waals surface area (Å²) in [6.07, 6.45) is 1.09. The van der Waals surface area contributed by atoms with Crippen molar-refractivity contribution in [2.75, 3.05) is 19.6 Å². The molecule has 0 unspecified atom stereocenters. The van der Waals surface area contributed by atoms with Crippen molar-refractivity contribution in [2.45, 2.75) is 33.3 Å². The number of carbonyl (C=O) groups is 1.